The summed E-state index contributed by atoms with van der Waals surface area (Å²) in [7, 11) is 0. The molecule has 5 N–H and O–H groups in total. The fraction of sp³-hybridized carbons (Fsp3) is 0.500. The summed E-state index contributed by atoms with van der Waals surface area (Å²) >= 11 is 0. The van der Waals surface area contributed by atoms with Gasteiger partial charge in [-0.3, -0.25) is 4.57 Å². The topological polar surface area (TPSA) is 140 Å². The molecule has 9 nitrogen and oxygen atoms in total. The molecule has 9 heteroatoms. The molecule has 1 saturated heterocycles. The van der Waals surface area contributed by atoms with Crippen LogP contribution in [-0.2, 0) is 4.74 Å². The fourth-order valence-corrected chi connectivity index (χ4v) is 2.17. The van der Waals surface area contributed by atoms with Crippen molar-refractivity contribution in [2.24, 2.45) is 0 Å². The van der Waals surface area contributed by atoms with Crippen LogP contribution in [0.15, 0.2) is 12.7 Å². The van der Waals surface area contributed by atoms with E-state index in [0.717, 1.165) is 0 Å². The standard InChI is InChI=1S/C10H13N5O4/c11-8-5-9(13-2-12-8)15(3-14-5)10-7(18)6(17)4(1-16)19-10/h2-4,6-7,10,16-18H,1H2,(H2,11,12,13)/t4-,6-,7?,10-/m1/s1. The third-order valence-electron chi connectivity index (χ3n) is 3.18. The van der Waals surface area contributed by atoms with Crippen molar-refractivity contribution in [1.82, 2.24) is 19.5 Å². The van der Waals surface area contributed by atoms with Gasteiger partial charge in [-0.25, -0.2) is 15.0 Å². The molecule has 3 rings (SSSR count). The van der Waals surface area contributed by atoms with Gasteiger partial charge in [0, 0.05) is 0 Å². The lowest BCUT2D eigenvalue weighted by molar-refractivity contribution is -0.0511. The Kier molecular flexibility index (Phi) is 2.82. The molecule has 2 aromatic heterocycles. The molecule has 0 spiro atoms. The number of fused-ring (bicyclic) bond motifs is 1. The number of imidazole rings is 1. The van der Waals surface area contributed by atoms with E-state index in [1.54, 1.807) is 0 Å². The van der Waals surface area contributed by atoms with Crippen molar-refractivity contribution in [2.75, 3.05) is 12.3 Å². The molecular formula is C10H13N5O4. The van der Waals surface area contributed by atoms with Crippen molar-refractivity contribution in [3.05, 3.63) is 12.7 Å². The summed E-state index contributed by atoms with van der Waals surface area (Å²) in [6.07, 6.45) is -1.42. The van der Waals surface area contributed by atoms with Crippen molar-refractivity contribution < 1.29 is 20.1 Å². The van der Waals surface area contributed by atoms with Crippen LogP contribution in [-0.4, -0.2) is 59.8 Å². The Bertz CT molecular complexity index is 603. The summed E-state index contributed by atoms with van der Waals surface area (Å²) in [4.78, 5) is 11.9. The largest absolute Gasteiger partial charge is 0.394 e. The van der Waals surface area contributed by atoms with Gasteiger partial charge in [-0.05, 0) is 0 Å². The van der Waals surface area contributed by atoms with Crippen molar-refractivity contribution in [3.63, 3.8) is 0 Å². The van der Waals surface area contributed by atoms with Crippen molar-refractivity contribution >= 4 is 17.0 Å². The second-order valence-corrected chi connectivity index (χ2v) is 4.31. The summed E-state index contributed by atoms with van der Waals surface area (Å²) in [6.45, 7) is -0.390. The van der Waals surface area contributed by atoms with Gasteiger partial charge in [-0.15, -0.1) is 0 Å². The van der Waals surface area contributed by atoms with E-state index in [-0.39, 0.29) is 5.82 Å². The first-order valence-corrected chi connectivity index (χ1v) is 5.69. The SMILES string of the molecule is Nc1ncnc2c1ncn2[C@@H]1O[C@H](CO)[C@@H](O)C1O. The average molecular weight is 267 g/mol. The first-order chi connectivity index (χ1) is 9.13. The third-order valence-corrected chi connectivity index (χ3v) is 3.18. The Morgan fingerprint density at radius 1 is 1.26 bits per heavy atom. The van der Waals surface area contributed by atoms with Gasteiger partial charge in [0.15, 0.2) is 17.7 Å². The predicted molar refractivity (Wildman–Crippen MR) is 62.7 cm³/mol. The first kappa shape index (κ1) is 12.2. The van der Waals surface area contributed by atoms with Gasteiger partial charge < -0.3 is 25.8 Å². The minimum atomic E-state index is -1.19. The number of rotatable bonds is 2. The summed E-state index contributed by atoms with van der Waals surface area (Å²) in [6, 6.07) is 0. The molecule has 1 aliphatic rings. The zero-order chi connectivity index (χ0) is 13.6. The highest BCUT2D eigenvalue weighted by Gasteiger charge is 2.43. The first-order valence-electron chi connectivity index (χ1n) is 5.69. The van der Waals surface area contributed by atoms with E-state index in [4.69, 9.17) is 15.6 Å². The number of hydrogen-bond acceptors (Lipinski definition) is 8. The molecule has 1 fully saturated rings. The number of aliphatic hydroxyl groups is 3. The van der Waals surface area contributed by atoms with Gasteiger partial charge >= 0.3 is 0 Å². The smallest absolute Gasteiger partial charge is 0.167 e. The third kappa shape index (κ3) is 1.75. The van der Waals surface area contributed by atoms with Crippen LogP contribution in [0.2, 0.25) is 0 Å². The van der Waals surface area contributed by atoms with E-state index >= 15 is 0 Å². The number of ether oxygens (including phenoxy) is 1. The molecule has 19 heavy (non-hydrogen) atoms. The number of hydrogen-bond donors (Lipinski definition) is 4. The lowest BCUT2D eigenvalue weighted by Gasteiger charge is -2.16. The Balaban J connectivity index is 2.04. The molecule has 0 amide bonds. The van der Waals surface area contributed by atoms with Crippen LogP contribution < -0.4 is 5.73 Å². The van der Waals surface area contributed by atoms with Crippen LogP contribution >= 0.6 is 0 Å². The predicted octanol–water partition coefficient (Wildman–Crippen LogP) is -1.98. The number of nitrogens with zero attached hydrogens (tertiary/aromatic N) is 4. The number of anilines is 1. The molecule has 1 unspecified atom stereocenters. The number of aliphatic hydroxyl groups excluding tert-OH is 3. The maximum Gasteiger partial charge on any atom is 0.167 e. The van der Waals surface area contributed by atoms with Gasteiger partial charge in [0.25, 0.3) is 0 Å². The molecule has 3 heterocycles. The van der Waals surface area contributed by atoms with Crippen molar-refractivity contribution in [1.29, 1.82) is 0 Å². The zero-order valence-electron chi connectivity index (χ0n) is 9.79. The highest BCUT2D eigenvalue weighted by Crippen LogP contribution is 2.31. The molecule has 0 saturated carbocycles. The minimum absolute atomic E-state index is 0.218. The Hall–Kier alpha value is -1.81. The van der Waals surface area contributed by atoms with Gasteiger partial charge in [0.05, 0.1) is 12.9 Å². The molecule has 0 aromatic carbocycles. The van der Waals surface area contributed by atoms with Gasteiger partial charge in [0.2, 0.25) is 0 Å². The van der Waals surface area contributed by atoms with Gasteiger partial charge in [-0.2, -0.15) is 0 Å². The van der Waals surface area contributed by atoms with E-state index in [1.165, 1.54) is 17.2 Å². The van der Waals surface area contributed by atoms with Crippen LogP contribution in [0.3, 0.4) is 0 Å². The maximum absolute atomic E-state index is 9.95. The molecular weight excluding hydrogens is 254 g/mol. The number of aromatic nitrogens is 4. The summed E-state index contributed by atoms with van der Waals surface area (Å²) in [5.41, 5.74) is 6.44. The summed E-state index contributed by atoms with van der Waals surface area (Å²) < 4.78 is 6.85. The molecule has 0 aliphatic carbocycles. The molecule has 1 aliphatic heterocycles. The molecule has 4 atom stereocenters. The zero-order valence-corrected chi connectivity index (χ0v) is 9.79. The number of nitrogen functional groups attached to an aromatic ring is 1. The molecule has 0 bridgehead atoms. The second-order valence-electron chi connectivity index (χ2n) is 4.31. The van der Waals surface area contributed by atoms with Crippen molar-refractivity contribution in [2.45, 2.75) is 24.5 Å². The van der Waals surface area contributed by atoms with Crippen LogP contribution in [0, 0.1) is 0 Å². The van der Waals surface area contributed by atoms with E-state index < -0.39 is 31.1 Å². The van der Waals surface area contributed by atoms with E-state index in [0.29, 0.717) is 11.2 Å². The highest BCUT2D eigenvalue weighted by molar-refractivity contribution is 5.81. The molecule has 102 valence electrons. The maximum atomic E-state index is 9.95. The lowest BCUT2D eigenvalue weighted by atomic mass is 10.1. The Morgan fingerprint density at radius 2 is 2.05 bits per heavy atom. The van der Waals surface area contributed by atoms with Crippen LogP contribution in [0.4, 0.5) is 5.82 Å². The van der Waals surface area contributed by atoms with Crippen LogP contribution in [0.5, 0.6) is 0 Å². The van der Waals surface area contributed by atoms with E-state index in [9.17, 15) is 10.2 Å². The average Bonchev–Trinajstić information content (AvgIpc) is 2.94. The Morgan fingerprint density at radius 3 is 2.74 bits per heavy atom. The minimum Gasteiger partial charge on any atom is -0.394 e. The second kappa shape index (κ2) is 4.38. The van der Waals surface area contributed by atoms with Gasteiger partial charge in [0.1, 0.15) is 30.2 Å². The summed E-state index contributed by atoms with van der Waals surface area (Å²) in [5, 5.41) is 28.7. The fourth-order valence-electron chi connectivity index (χ4n) is 2.17. The highest BCUT2D eigenvalue weighted by atomic mass is 16.6. The molecule has 2 aromatic rings. The molecule has 0 radical (unpaired) electrons. The van der Waals surface area contributed by atoms with E-state index in [1.807, 2.05) is 0 Å². The van der Waals surface area contributed by atoms with E-state index in [2.05, 4.69) is 15.0 Å². The Labute approximate surface area is 107 Å². The quantitative estimate of drug-likeness (QED) is 0.491. The van der Waals surface area contributed by atoms with Crippen molar-refractivity contribution in [3.8, 4) is 0 Å². The van der Waals surface area contributed by atoms with Crippen LogP contribution in [0.1, 0.15) is 6.23 Å². The summed E-state index contributed by atoms with van der Waals surface area (Å²) in [5.74, 6) is 0.218. The number of nitrogens with two attached hydrogens (primary N) is 1. The van der Waals surface area contributed by atoms with Gasteiger partial charge in [-0.1, -0.05) is 0 Å². The monoisotopic (exact) mass is 267 g/mol. The van der Waals surface area contributed by atoms with Crippen LogP contribution in [0.25, 0.3) is 11.2 Å². The lowest BCUT2D eigenvalue weighted by Crippen LogP contribution is -2.33. The normalized spacial score (nSPS) is 31.1.